The highest BCUT2D eigenvalue weighted by Crippen LogP contribution is 2.36. The van der Waals surface area contributed by atoms with E-state index >= 15 is 0 Å². The third kappa shape index (κ3) is 3.26. The van der Waals surface area contributed by atoms with Gasteiger partial charge in [0.25, 0.3) is 0 Å². The Morgan fingerprint density at radius 3 is 1.96 bits per heavy atom. The van der Waals surface area contributed by atoms with Gasteiger partial charge in [0.1, 0.15) is 0 Å². The molecule has 128 valence electrons. The van der Waals surface area contributed by atoms with Crippen molar-refractivity contribution < 1.29 is 5.11 Å². The van der Waals surface area contributed by atoms with Gasteiger partial charge >= 0.3 is 0 Å². The Bertz CT molecular complexity index is 670. The molecule has 3 rings (SSSR count). The van der Waals surface area contributed by atoms with Crippen molar-refractivity contribution in [1.82, 2.24) is 4.90 Å². The third-order valence-electron chi connectivity index (χ3n) is 5.68. The maximum atomic E-state index is 10.2. The number of aryl methyl sites for hydroxylation is 2. The van der Waals surface area contributed by atoms with Crippen molar-refractivity contribution in [3.63, 3.8) is 0 Å². The largest absolute Gasteiger partial charge is 0.392 e. The van der Waals surface area contributed by atoms with Gasteiger partial charge in [-0.1, -0.05) is 36.4 Å². The lowest BCUT2D eigenvalue weighted by Gasteiger charge is -2.38. The summed E-state index contributed by atoms with van der Waals surface area (Å²) in [6.45, 7) is 10.6. The zero-order chi connectivity index (χ0) is 17.3. The van der Waals surface area contributed by atoms with Gasteiger partial charge in [-0.05, 0) is 80.5 Å². The number of hydrogen-bond donors (Lipinski definition) is 1. The van der Waals surface area contributed by atoms with E-state index in [2.05, 4.69) is 69.0 Å². The average molecular weight is 323 g/mol. The lowest BCUT2D eigenvalue weighted by molar-refractivity contribution is 0.0548. The first-order valence-corrected chi connectivity index (χ1v) is 9.03. The Labute approximate surface area is 146 Å². The molecule has 1 heterocycles. The van der Waals surface area contributed by atoms with E-state index in [9.17, 15) is 5.11 Å². The SMILES string of the molecule is Cc1cccc(C(c2cccc(C)c2C)N2CCCC(O)C2)c1C. The molecule has 0 aromatic heterocycles. The molecule has 0 radical (unpaired) electrons. The predicted molar refractivity (Wildman–Crippen MR) is 100 cm³/mol. The lowest BCUT2D eigenvalue weighted by Crippen LogP contribution is -2.41. The van der Waals surface area contributed by atoms with E-state index in [1.165, 1.54) is 33.4 Å². The van der Waals surface area contributed by atoms with Gasteiger partial charge in [0.15, 0.2) is 0 Å². The van der Waals surface area contributed by atoms with E-state index in [4.69, 9.17) is 0 Å². The van der Waals surface area contributed by atoms with Crippen molar-refractivity contribution >= 4 is 0 Å². The van der Waals surface area contributed by atoms with Gasteiger partial charge in [0.2, 0.25) is 0 Å². The van der Waals surface area contributed by atoms with Crippen LogP contribution in [0.25, 0.3) is 0 Å². The number of β-amino-alcohol motifs (C(OH)–C–C–N with tert-alkyl or cyclic N) is 1. The van der Waals surface area contributed by atoms with E-state index in [-0.39, 0.29) is 12.1 Å². The van der Waals surface area contributed by atoms with Crippen LogP contribution in [0.15, 0.2) is 36.4 Å². The van der Waals surface area contributed by atoms with Crippen LogP contribution in [0.1, 0.15) is 52.3 Å². The molecule has 1 aliphatic heterocycles. The summed E-state index contributed by atoms with van der Waals surface area (Å²) in [7, 11) is 0. The van der Waals surface area contributed by atoms with Gasteiger partial charge in [0.05, 0.1) is 12.1 Å². The van der Waals surface area contributed by atoms with Crippen LogP contribution in [0.5, 0.6) is 0 Å². The molecule has 0 spiro atoms. The Hall–Kier alpha value is -1.64. The normalized spacial score (nSPS) is 19.0. The monoisotopic (exact) mass is 323 g/mol. The van der Waals surface area contributed by atoms with Crippen molar-refractivity contribution in [2.75, 3.05) is 13.1 Å². The fourth-order valence-electron chi connectivity index (χ4n) is 3.92. The molecule has 1 fully saturated rings. The minimum atomic E-state index is -0.212. The summed E-state index contributed by atoms with van der Waals surface area (Å²) in [5.74, 6) is 0. The molecule has 1 N–H and O–H groups in total. The van der Waals surface area contributed by atoms with E-state index in [0.29, 0.717) is 0 Å². The highest BCUT2D eigenvalue weighted by atomic mass is 16.3. The van der Waals surface area contributed by atoms with Gasteiger partial charge in [0, 0.05) is 6.54 Å². The third-order valence-corrected chi connectivity index (χ3v) is 5.68. The lowest BCUT2D eigenvalue weighted by atomic mass is 9.87. The van der Waals surface area contributed by atoms with Crippen LogP contribution in [-0.4, -0.2) is 29.2 Å². The first-order chi connectivity index (χ1) is 11.5. The van der Waals surface area contributed by atoms with Crippen molar-refractivity contribution in [1.29, 1.82) is 0 Å². The summed E-state index contributed by atoms with van der Waals surface area (Å²) in [4.78, 5) is 2.47. The zero-order valence-electron chi connectivity index (χ0n) is 15.3. The van der Waals surface area contributed by atoms with Crippen LogP contribution < -0.4 is 0 Å². The van der Waals surface area contributed by atoms with Crippen molar-refractivity contribution in [2.24, 2.45) is 0 Å². The molecule has 0 bridgehead atoms. The van der Waals surface area contributed by atoms with Gasteiger partial charge in [-0.15, -0.1) is 0 Å². The minimum Gasteiger partial charge on any atom is -0.392 e. The number of rotatable bonds is 3. The molecule has 1 unspecified atom stereocenters. The van der Waals surface area contributed by atoms with Gasteiger partial charge in [-0.25, -0.2) is 0 Å². The molecule has 0 aliphatic carbocycles. The minimum absolute atomic E-state index is 0.212. The highest BCUT2D eigenvalue weighted by Gasteiger charge is 2.29. The fraction of sp³-hybridized carbons (Fsp3) is 0.455. The second-order valence-electron chi connectivity index (χ2n) is 7.27. The number of hydrogen-bond acceptors (Lipinski definition) is 2. The number of aliphatic hydroxyl groups excluding tert-OH is 1. The zero-order valence-corrected chi connectivity index (χ0v) is 15.3. The maximum Gasteiger partial charge on any atom is 0.0667 e. The van der Waals surface area contributed by atoms with E-state index in [1.54, 1.807) is 0 Å². The number of piperidine rings is 1. The maximum absolute atomic E-state index is 10.2. The molecule has 1 aliphatic rings. The molecule has 1 saturated heterocycles. The standard InChI is InChI=1S/C22H29NO/c1-15-8-5-11-20(17(15)3)22(23-13-7-10-19(24)14-23)21-12-6-9-16(2)18(21)4/h5-6,8-9,11-12,19,22,24H,7,10,13-14H2,1-4H3. The second kappa shape index (κ2) is 7.08. The van der Waals surface area contributed by atoms with Crippen molar-refractivity contribution in [3.05, 3.63) is 69.8 Å². The molecular weight excluding hydrogens is 294 g/mol. The van der Waals surface area contributed by atoms with Crippen LogP contribution in [0.4, 0.5) is 0 Å². The molecule has 1 atom stereocenters. The molecule has 2 heteroatoms. The Balaban J connectivity index is 2.13. The molecule has 2 nitrogen and oxygen atoms in total. The Morgan fingerprint density at radius 1 is 0.917 bits per heavy atom. The summed E-state index contributed by atoms with van der Waals surface area (Å²) < 4.78 is 0. The fourth-order valence-corrected chi connectivity index (χ4v) is 3.92. The molecule has 24 heavy (non-hydrogen) atoms. The van der Waals surface area contributed by atoms with Crippen molar-refractivity contribution in [3.8, 4) is 0 Å². The quantitative estimate of drug-likeness (QED) is 0.901. The van der Waals surface area contributed by atoms with E-state index < -0.39 is 0 Å². The van der Waals surface area contributed by atoms with E-state index in [0.717, 1.165) is 25.9 Å². The molecule has 2 aromatic carbocycles. The number of aliphatic hydroxyl groups is 1. The number of nitrogens with zero attached hydrogens (tertiary/aromatic N) is 1. The molecule has 0 saturated carbocycles. The van der Waals surface area contributed by atoms with E-state index in [1.807, 2.05) is 0 Å². The Kier molecular flexibility index (Phi) is 5.07. The summed E-state index contributed by atoms with van der Waals surface area (Å²) in [5.41, 5.74) is 8.14. The molecule has 2 aromatic rings. The predicted octanol–water partition coefficient (Wildman–Crippen LogP) is 4.47. The van der Waals surface area contributed by atoms with Crippen LogP contribution in [0.3, 0.4) is 0 Å². The summed E-state index contributed by atoms with van der Waals surface area (Å²) in [5, 5.41) is 10.2. The Morgan fingerprint density at radius 2 is 1.46 bits per heavy atom. The van der Waals surface area contributed by atoms with Gasteiger partial charge in [-0.2, -0.15) is 0 Å². The summed E-state index contributed by atoms with van der Waals surface area (Å²) in [6.07, 6.45) is 1.77. The van der Waals surface area contributed by atoms with Gasteiger partial charge in [-0.3, -0.25) is 4.90 Å². The highest BCUT2D eigenvalue weighted by molar-refractivity contribution is 5.45. The first kappa shape index (κ1) is 17.2. The molecular formula is C22H29NO. The smallest absolute Gasteiger partial charge is 0.0667 e. The number of likely N-dealkylation sites (tertiary alicyclic amines) is 1. The summed E-state index contributed by atoms with van der Waals surface area (Å²) in [6, 6.07) is 13.4. The van der Waals surface area contributed by atoms with Gasteiger partial charge < -0.3 is 5.11 Å². The average Bonchev–Trinajstić information content (AvgIpc) is 2.56. The first-order valence-electron chi connectivity index (χ1n) is 9.03. The van der Waals surface area contributed by atoms with Crippen LogP contribution in [-0.2, 0) is 0 Å². The number of benzene rings is 2. The van der Waals surface area contributed by atoms with Crippen LogP contribution in [0, 0.1) is 27.7 Å². The van der Waals surface area contributed by atoms with Crippen LogP contribution >= 0.6 is 0 Å². The second-order valence-corrected chi connectivity index (χ2v) is 7.27. The topological polar surface area (TPSA) is 23.5 Å². The van der Waals surface area contributed by atoms with Crippen molar-refractivity contribution in [2.45, 2.75) is 52.7 Å². The summed E-state index contributed by atoms with van der Waals surface area (Å²) >= 11 is 0. The molecule has 0 amide bonds. The van der Waals surface area contributed by atoms with Crippen LogP contribution in [0.2, 0.25) is 0 Å².